The molecule has 0 saturated carbocycles. The van der Waals surface area contributed by atoms with E-state index in [0.717, 1.165) is 6.42 Å². The SMILES string of the molecule is CC(C)CCOc1cccc(C(=O)NC(=S)N2CCNC(=O)C2CC(=O)OCC(C)C)c1. The number of nitrogens with one attached hydrogen (secondary N) is 2. The Hall–Kier alpha value is -2.68. The normalized spacial score (nSPS) is 16.0. The van der Waals surface area contributed by atoms with Crippen LogP contribution in [0.1, 0.15) is 50.9 Å². The number of hydrogen-bond acceptors (Lipinski definition) is 6. The van der Waals surface area contributed by atoms with Gasteiger partial charge < -0.3 is 19.7 Å². The number of carbonyl (C=O) groups is 3. The zero-order valence-electron chi connectivity index (χ0n) is 19.2. The summed E-state index contributed by atoms with van der Waals surface area (Å²) >= 11 is 5.40. The first-order valence-corrected chi connectivity index (χ1v) is 11.4. The summed E-state index contributed by atoms with van der Waals surface area (Å²) in [5.41, 5.74) is 0.392. The highest BCUT2D eigenvalue weighted by molar-refractivity contribution is 7.80. The van der Waals surface area contributed by atoms with Crippen LogP contribution < -0.4 is 15.4 Å². The van der Waals surface area contributed by atoms with Crippen molar-refractivity contribution in [3.63, 3.8) is 0 Å². The Balaban J connectivity index is 2.00. The molecule has 0 aliphatic carbocycles. The van der Waals surface area contributed by atoms with Gasteiger partial charge in [-0.2, -0.15) is 0 Å². The summed E-state index contributed by atoms with van der Waals surface area (Å²) < 4.78 is 10.9. The molecule has 2 rings (SSSR count). The largest absolute Gasteiger partial charge is 0.494 e. The molecule has 8 nitrogen and oxygen atoms in total. The lowest BCUT2D eigenvalue weighted by atomic mass is 10.1. The molecular formula is C23H33N3O5S. The number of esters is 1. The second-order valence-corrected chi connectivity index (χ2v) is 8.99. The first-order chi connectivity index (χ1) is 15.2. The highest BCUT2D eigenvalue weighted by atomic mass is 32.1. The van der Waals surface area contributed by atoms with Crippen molar-refractivity contribution >= 4 is 35.1 Å². The van der Waals surface area contributed by atoms with Crippen LogP contribution >= 0.6 is 12.2 Å². The maximum Gasteiger partial charge on any atom is 0.308 e. The predicted octanol–water partition coefficient (Wildman–Crippen LogP) is 2.52. The Morgan fingerprint density at radius 3 is 2.69 bits per heavy atom. The molecule has 1 aromatic rings. The second-order valence-electron chi connectivity index (χ2n) is 8.60. The molecule has 1 aliphatic heterocycles. The van der Waals surface area contributed by atoms with Crippen LogP contribution in [0, 0.1) is 11.8 Å². The average molecular weight is 464 g/mol. The van der Waals surface area contributed by atoms with Crippen LogP contribution in [-0.4, -0.2) is 60.1 Å². The maximum absolute atomic E-state index is 12.7. The van der Waals surface area contributed by atoms with Gasteiger partial charge in [-0.25, -0.2) is 0 Å². The first-order valence-electron chi connectivity index (χ1n) is 11.0. The number of amides is 2. The van der Waals surface area contributed by atoms with Gasteiger partial charge in [-0.1, -0.05) is 33.8 Å². The molecule has 176 valence electrons. The van der Waals surface area contributed by atoms with Gasteiger partial charge in [0.2, 0.25) is 5.91 Å². The molecule has 0 aromatic heterocycles. The lowest BCUT2D eigenvalue weighted by Gasteiger charge is -2.36. The van der Waals surface area contributed by atoms with Crippen LogP contribution in [0.25, 0.3) is 0 Å². The number of ether oxygens (including phenoxy) is 2. The number of carbonyl (C=O) groups excluding carboxylic acids is 3. The zero-order valence-corrected chi connectivity index (χ0v) is 20.0. The number of piperazine rings is 1. The van der Waals surface area contributed by atoms with Crippen molar-refractivity contribution in [3.05, 3.63) is 29.8 Å². The lowest BCUT2D eigenvalue weighted by Crippen LogP contribution is -2.60. The molecule has 1 aliphatic rings. The maximum atomic E-state index is 12.7. The van der Waals surface area contributed by atoms with Crippen molar-refractivity contribution in [3.8, 4) is 5.75 Å². The molecule has 2 N–H and O–H groups in total. The van der Waals surface area contributed by atoms with Gasteiger partial charge in [0, 0.05) is 18.7 Å². The molecule has 1 unspecified atom stereocenters. The molecule has 1 heterocycles. The van der Waals surface area contributed by atoms with E-state index in [1.807, 2.05) is 13.8 Å². The summed E-state index contributed by atoms with van der Waals surface area (Å²) in [7, 11) is 0. The first kappa shape index (κ1) is 25.6. The number of benzene rings is 1. The van der Waals surface area contributed by atoms with E-state index < -0.39 is 17.9 Å². The summed E-state index contributed by atoms with van der Waals surface area (Å²) in [6, 6.07) is 6.02. The van der Waals surface area contributed by atoms with Crippen molar-refractivity contribution in [1.29, 1.82) is 0 Å². The molecule has 2 amide bonds. The van der Waals surface area contributed by atoms with Gasteiger partial charge in [0.25, 0.3) is 5.91 Å². The molecule has 1 fully saturated rings. The fourth-order valence-corrected chi connectivity index (χ4v) is 3.33. The van der Waals surface area contributed by atoms with Gasteiger partial charge in [0.05, 0.1) is 19.6 Å². The summed E-state index contributed by atoms with van der Waals surface area (Å²) in [4.78, 5) is 38.9. The standard InChI is InChI=1S/C23H33N3O5S/c1-15(2)8-11-30-18-7-5-6-17(12-18)21(28)25-23(32)26-10-9-24-22(29)19(26)13-20(27)31-14-16(3)4/h5-7,12,15-16,19H,8-11,13-14H2,1-4H3,(H,24,29)(H,25,28,32). The topological polar surface area (TPSA) is 97.0 Å². The second kappa shape index (κ2) is 12.4. The molecule has 9 heteroatoms. The highest BCUT2D eigenvalue weighted by Crippen LogP contribution is 2.16. The minimum absolute atomic E-state index is 0.0950. The Labute approximate surface area is 195 Å². The third-order valence-corrected chi connectivity index (χ3v) is 5.15. The zero-order chi connectivity index (χ0) is 23.7. The van der Waals surface area contributed by atoms with Gasteiger partial charge in [0.1, 0.15) is 11.8 Å². The van der Waals surface area contributed by atoms with Crippen LogP contribution in [0.15, 0.2) is 24.3 Å². The van der Waals surface area contributed by atoms with Crippen molar-refractivity contribution in [1.82, 2.24) is 15.5 Å². The van der Waals surface area contributed by atoms with Gasteiger partial charge in [-0.15, -0.1) is 0 Å². The Bertz CT molecular complexity index is 828. The third kappa shape index (κ3) is 8.11. The fraction of sp³-hybridized carbons (Fsp3) is 0.565. The summed E-state index contributed by atoms with van der Waals surface area (Å²) in [6.07, 6.45) is 0.770. The summed E-state index contributed by atoms with van der Waals surface area (Å²) in [5, 5.41) is 5.50. The minimum atomic E-state index is -0.832. The molecule has 32 heavy (non-hydrogen) atoms. The van der Waals surface area contributed by atoms with Gasteiger partial charge in [-0.3, -0.25) is 19.7 Å². The van der Waals surface area contributed by atoms with E-state index in [4.69, 9.17) is 21.7 Å². The van der Waals surface area contributed by atoms with Crippen LogP contribution in [0.3, 0.4) is 0 Å². The van der Waals surface area contributed by atoms with E-state index in [-0.39, 0.29) is 30.0 Å². The average Bonchev–Trinajstić information content (AvgIpc) is 2.73. The molecule has 0 radical (unpaired) electrons. The van der Waals surface area contributed by atoms with E-state index in [1.165, 1.54) is 0 Å². The van der Waals surface area contributed by atoms with Crippen molar-refractivity contribution in [2.45, 2.75) is 46.6 Å². The number of thiocarbonyl (C=S) groups is 1. The monoisotopic (exact) mass is 463 g/mol. The fourth-order valence-electron chi connectivity index (χ4n) is 3.02. The van der Waals surface area contributed by atoms with Crippen molar-refractivity contribution in [2.24, 2.45) is 11.8 Å². The molecule has 0 bridgehead atoms. The van der Waals surface area contributed by atoms with Crippen LogP contribution in [-0.2, 0) is 14.3 Å². The minimum Gasteiger partial charge on any atom is -0.494 e. The lowest BCUT2D eigenvalue weighted by molar-refractivity contribution is -0.148. The Kier molecular flexibility index (Phi) is 9.90. The van der Waals surface area contributed by atoms with E-state index in [2.05, 4.69) is 24.5 Å². The number of rotatable bonds is 9. The molecule has 1 atom stereocenters. The van der Waals surface area contributed by atoms with E-state index >= 15 is 0 Å². The van der Waals surface area contributed by atoms with Crippen LogP contribution in [0.5, 0.6) is 5.75 Å². The quantitative estimate of drug-likeness (QED) is 0.429. The van der Waals surface area contributed by atoms with Crippen LogP contribution in [0.4, 0.5) is 0 Å². The molecule has 1 aromatic carbocycles. The Morgan fingerprint density at radius 1 is 1.25 bits per heavy atom. The molecule has 0 spiro atoms. The smallest absolute Gasteiger partial charge is 0.308 e. The molecular weight excluding hydrogens is 430 g/mol. The van der Waals surface area contributed by atoms with Gasteiger partial charge >= 0.3 is 5.97 Å². The van der Waals surface area contributed by atoms with Gasteiger partial charge in [0.15, 0.2) is 5.11 Å². The van der Waals surface area contributed by atoms with E-state index in [9.17, 15) is 14.4 Å². The number of nitrogens with zero attached hydrogens (tertiary/aromatic N) is 1. The van der Waals surface area contributed by atoms with Gasteiger partial charge in [-0.05, 0) is 48.7 Å². The summed E-state index contributed by atoms with van der Waals surface area (Å²) in [6.45, 7) is 9.70. The van der Waals surface area contributed by atoms with E-state index in [0.29, 0.717) is 36.9 Å². The third-order valence-electron chi connectivity index (χ3n) is 4.81. The van der Waals surface area contributed by atoms with Crippen molar-refractivity contribution in [2.75, 3.05) is 26.3 Å². The van der Waals surface area contributed by atoms with E-state index in [1.54, 1.807) is 29.2 Å². The molecule has 1 saturated heterocycles. The number of hydrogen-bond donors (Lipinski definition) is 2. The van der Waals surface area contributed by atoms with Crippen molar-refractivity contribution < 1.29 is 23.9 Å². The van der Waals surface area contributed by atoms with Crippen LogP contribution in [0.2, 0.25) is 0 Å². The summed E-state index contributed by atoms with van der Waals surface area (Å²) in [5.74, 6) is 0.113. The predicted molar refractivity (Wildman–Crippen MR) is 125 cm³/mol. The highest BCUT2D eigenvalue weighted by Gasteiger charge is 2.34. The Morgan fingerprint density at radius 2 is 2.00 bits per heavy atom.